The lowest BCUT2D eigenvalue weighted by Crippen LogP contribution is -2.36. The molecule has 1 heterocycles. The summed E-state index contributed by atoms with van der Waals surface area (Å²) < 4.78 is 5.54. The van der Waals surface area contributed by atoms with Gasteiger partial charge in [-0.25, -0.2) is 0 Å². The van der Waals surface area contributed by atoms with E-state index in [2.05, 4.69) is 18.3 Å². The van der Waals surface area contributed by atoms with Gasteiger partial charge in [0.15, 0.2) is 0 Å². The molecule has 0 amide bonds. The monoisotopic (exact) mass is 221 g/mol. The lowest BCUT2D eigenvalue weighted by molar-refractivity contribution is 0.279. The summed E-state index contributed by atoms with van der Waals surface area (Å²) >= 11 is 0. The van der Waals surface area contributed by atoms with Gasteiger partial charge in [0.25, 0.3) is 0 Å². The van der Waals surface area contributed by atoms with Gasteiger partial charge in [-0.3, -0.25) is 0 Å². The number of aryl methyl sites for hydroxylation is 2. The van der Waals surface area contributed by atoms with E-state index < -0.39 is 0 Å². The van der Waals surface area contributed by atoms with Crippen LogP contribution in [0.15, 0.2) is 10.5 Å². The molecule has 0 aliphatic heterocycles. The first-order valence-corrected chi connectivity index (χ1v) is 6.46. The number of nitrogens with one attached hydrogen (secondary N) is 1. The van der Waals surface area contributed by atoms with E-state index in [1.54, 1.807) is 0 Å². The highest BCUT2D eigenvalue weighted by Gasteiger charge is 2.20. The van der Waals surface area contributed by atoms with E-state index in [0.29, 0.717) is 6.04 Å². The summed E-state index contributed by atoms with van der Waals surface area (Å²) in [6.45, 7) is 7.39. The minimum atomic E-state index is 0.698. The van der Waals surface area contributed by atoms with Crippen molar-refractivity contribution in [1.29, 1.82) is 0 Å². The SMILES string of the molecule is Cc1cc(CNC2CCCCC2C)c(C)o1. The van der Waals surface area contributed by atoms with Crippen molar-refractivity contribution < 1.29 is 4.42 Å². The average molecular weight is 221 g/mol. The highest BCUT2D eigenvalue weighted by molar-refractivity contribution is 5.19. The first-order valence-electron chi connectivity index (χ1n) is 6.46. The Bertz CT molecular complexity index is 343. The van der Waals surface area contributed by atoms with Crippen molar-refractivity contribution >= 4 is 0 Å². The highest BCUT2D eigenvalue weighted by Crippen LogP contribution is 2.24. The zero-order valence-electron chi connectivity index (χ0n) is 10.7. The van der Waals surface area contributed by atoms with Crippen LogP contribution < -0.4 is 5.32 Å². The van der Waals surface area contributed by atoms with E-state index in [0.717, 1.165) is 24.0 Å². The number of hydrogen-bond acceptors (Lipinski definition) is 2. The third-order valence-corrected chi connectivity index (χ3v) is 3.81. The number of furan rings is 1. The van der Waals surface area contributed by atoms with Crippen LogP contribution in [-0.4, -0.2) is 6.04 Å². The Morgan fingerprint density at radius 2 is 2.06 bits per heavy atom. The molecule has 2 heteroatoms. The first-order chi connectivity index (χ1) is 7.66. The average Bonchev–Trinajstić information content (AvgIpc) is 2.56. The third-order valence-electron chi connectivity index (χ3n) is 3.81. The van der Waals surface area contributed by atoms with Crippen LogP contribution in [0, 0.1) is 19.8 Å². The smallest absolute Gasteiger partial charge is 0.105 e. The predicted octanol–water partition coefficient (Wildman–Crippen LogP) is 3.56. The van der Waals surface area contributed by atoms with Crippen LogP contribution in [0.25, 0.3) is 0 Å². The van der Waals surface area contributed by atoms with Crippen LogP contribution in [0.2, 0.25) is 0 Å². The van der Waals surface area contributed by atoms with Gasteiger partial charge < -0.3 is 9.73 Å². The predicted molar refractivity (Wildman–Crippen MR) is 66.4 cm³/mol. The minimum absolute atomic E-state index is 0.698. The van der Waals surface area contributed by atoms with Gasteiger partial charge in [-0.15, -0.1) is 0 Å². The largest absolute Gasteiger partial charge is 0.466 e. The maximum absolute atomic E-state index is 5.54. The number of hydrogen-bond donors (Lipinski definition) is 1. The van der Waals surface area contributed by atoms with E-state index in [-0.39, 0.29) is 0 Å². The minimum Gasteiger partial charge on any atom is -0.466 e. The summed E-state index contributed by atoms with van der Waals surface area (Å²) in [6.07, 6.45) is 5.49. The summed E-state index contributed by atoms with van der Waals surface area (Å²) in [4.78, 5) is 0. The van der Waals surface area contributed by atoms with Crippen molar-refractivity contribution in [3.05, 3.63) is 23.2 Å². The van der Waals surface area contributed by atoms with Gasteiger partial charge >= 0.3 is 0 Å². The normalized spacial score (nSPS) is 25.9. The van der Waals surface area contributed by atoms with Crippen molar-refractivity contribution in [2.24, 2.45) is 5.92 Å². The summed E-state index contributed by atoms with van der Waals surface area (Å²) in [6, 6.07) is 2.85. The summed E-state index contributed by atoms with van der Waals surface area (Å²) in [7, 11) is 0. The molecule has 1 aliphatic rings. The van der Waals surface area contributed by atoms with E-state index in [1.165, 1.54) is 31.2 Å². The van der Waals surface area contributed by atoms with E-state index >= 15 is 0 Å². The van der Waals surface area contributed by atoms with Crippen molar-refractivity contribution in [2.75, 3.05) is 0 Å². The molecule has 0 spiro atoms. The highest BCUT2D eigenvalue weighted by atomic mass is 16.3. The zero-order chi connectivity index (χ0) is 11.5. The molecule has 0 radical (unpaired) electrons. The molecule has 1 fully saturated rings. The molecule has 1 saturated carbocycles. The molecule has 2 nitrogen and oxygen atoms in total. The quantitative estimate of drug-likeness (QED) is 0.844. The summed E-state index contributed by atoms with van der Waals surface area (Å²) in [5.41, 5.74) is 1.32. The molecule has 1 N–H and O–H groups in total. The van der Waals surface area contributed by atoms with Gasteiger partial charge in [0.1, 0.15) is 11.5 Å². The van der Waals surface area contributed by atoms with Crippen LogP contribution >= 0.6 is 0 Å². The lowest BCUT2D eigenvalue weighted by atomic mass is 9.86. The van der Waals surface area contributed by atoms with Gasteiger partial charge in [-0.05, 0) is 38.7 Å². The van der Waals surface area contributed by atoms with Crippen LogP contribution in [0.4, 0.5) is 0 Å². The molecule has 0 aromatic carbocycles. The van der Waals surface area contributed by atoms with E-state index in [9.17, 15) is 0 Å². The Labute approximate surface area is 98.4 Å². The maximum atomic E-state index is 5.54. The first kappa shape index (κ1) is 11.7. The molecule has 90 valence electrons. The third kappa shape index (κ3) is 2.67. The van der Waals surface area contributed by atoms with Gasteiger partial charge in [-0.2, -0.15) is 0 Å². The van der Waals surface area contributed by atoms with Crippen molar-refractivity contribution in [2.45, 2.75) is 59.0 Å². The molecule has 1 aliphatic carbocycles. The maximum Gasteiger partial charge on any atom is 0.105 e. The molecule has 0 bridgehead atoms. The topological polar surface area (TPSA) is 25.2 Å². The fraction of sp³-hybridized carbons (Fsp3) is 0.714. The van der Waals surface area contributed by atoms with Crippen molar-refractivity contribution in [1.82, 2.24) is 5.32 Å². The van der Waals surface area contributed by atoms with Gasteiger partial charge in [0.05, 0.1) is 0 Å². The standard InChI is InChI=1S/C14H23NO/c1-10-6-4-5-7-14(10)15-9-13-8-11(2)16-12(13)3/h8,10,14-15H,4-7,9H2,1-3H3. The van der Waals surface area contributed by atoms with Crippen LogP contribution in [0.5, 0.6) is 0 Å². The fourth-order valence-corrected chi connectivity index (χ4v) is 2.72. The lowest BCUT2D eigenvalue weighted by Gasteiger charge is -2.29. The molecular formula is C14H23NO. The van der Waals surface area contributed by atoms with E-state index in [4.69, 9.17) is 4.42 Å². The second kappa shape index (κ2) is 5.05. The molecule has 1 aromatic heterocycles. The van der Waals surface area contributed by atoms with Crippen LogP contribution in [-0.2, 0) is 6.54 Å². The Balaban J connectivity index is 1.89. The molecule has 1 aromatic rings. The summed E-state index contributed by atoms with van der Waals surface area (Å²) in [5.74, 6) is 2.90. The van der Waals surface area contributed by atoms with Gasteiger partial charge in [0.2, 0.25) is 0 Å². The van der Waals surface area contributed by atoms with Crippen LogP contribution in [0.1, 0.15) is 49.7 Å². The Kier molecular flexibility index (Phi) is 3.70. The van der Waals surface area contributed by atoms with Crippen molar-refractivity contribution in [3.63, 3.8) is 0 Å². The second-order valence-corrected chi connectivity index (χ2v) is 5.19. The summed E-state index contributed by atoms with van der Waals surface area (Å²) in [5, 5.41) is 3.68. The van der Waals surface area contributed by atoms with E-state index in [1.807, 2.05) is 13.8 Å². The molecule has 2 atom stereocenters. The van der Waals surface area contributed by atoms with Crippen LogP contribution in [0.3, 0.4) is 0 Å². The molecular weight excluding hydrogens is 198 g/mol. The second-order valence-electron chi connectivity index (χ2n) is 5.19. The Morgan fingerprint density at radius 1 is 1.31 bits per heavy atom. The van der Waals surface area contributed by atoms with Crippen molar-refractivity contribution in [3.8, 4) is 0 Å². The zero-order valence-corrected chi connectivity index (χ0v) is 10.7. The molecule has 16 heavy (non-hydrogen) atoms. The molecule has 0 saturated heterocycles. The van der Waals surface area contributed by atoms with Gasteiger partial charge in [-0.1, -0.05) is 19.8 Å². The Morgan fingerprint density at radius 3 is 2.69 bits per heavy atom. The molecule has 2 unspecified atom stereocenters. The van der Waals surface area contributed by atoms with Gasteiger partial charge in [0, 0.05) is 18.2 Å². The fourth-order valence-electron chi connectivity index (χ4n) is 2.72. The number of rotatable bonds is 3. The molecule has 2 rings (SSSR count). The Hall–Kier alpha value is -0.760.